The molecule has 0 aliphatic carbocycles. The molecule has 0 bridgehead atoms. The van der Waals surface area contributed by atoms with Crippen molar-refractivity contribution < 1.29 is 13.5 Å². The number of fused-ring (bicyclic) bond motifs is 1. The Bertz CT molecular complexity index is 1570. The number of hydrogen-bond acceptors (Lipinski definition) is 4. The second-order valence-electron chi connectivity index (χ2n) is 10.1. The van der Waals surface area contributed by atoms with E-state index in [0.717, 1.165) is 16.7 Å². The molecule has 0 radical (unpaired) electrons. The number of halogens is 1. The minimum Gasteiger partial charge on any atom is -0.504 e. The first-order chi connectivity index (χ1) is 17.3. The van der Waals surface area contributed by atoms with Crippen molar-refractivity contribution in [1.29, 1.82) is 0 Å². The molecule has 7 nitrogen and oxygen atoms in total. The number of hydrogen-bond donors (Lipinski definition) is 3. The Morgan fingerprint density at radius 3 is 2.11 bits per heavy atom. The number of aromatic hydroxyl groups is 1. The molecule has 0 fully saturated rings. The minimum absolute atomic E-state index is 0.0972. The van der Waals surface area contributed by atoms with Crippen molar-refractivity contribution in [3.05, 3.63) is 70.0 Å². The molecule has 1 aromatic heterocycles. The molecule has 1 heterocycles. The summed E-state index contributed by atoms with van der Waals surface area (Å²) in [5.41, 5.74) is 4.44. The Morgan fingerprint density at radius 1 is 0.919 bits per heavy atom. The van der Waals surface area contributed by atoms with Gasteiger partial charge in [0.2, 0.25) is 0 Å². The molecule has 3 aromatic carbocycles. The lowest BCUT2D eigenvalue weighted by Gasteiger charge is -2.18. The molecule has 3 N–H and O–H groups in total. The van der Waals surface area contributed by atoms with E-state index in [0.29, 0.717) is 32.6 Å². The summed E-state index contributed by atoms with van der Waals surface area (Å²) in [7, 11) is -1.81. The molecule has 0 spiro atoms. The van der Waals surface area contributed by atoms with E-state index in [9.17, 15) is 13.5 Å². The van der Waals surface area contributed by atoms with Gasteiger partial charge in [-0.2, -0.15) is 0 Å². The normalized spacial score (nSPS) is 13.5. The largest absolute Gasteiger partial charge is 0.504 e. The molecular weight excluding hydrogens is 528 g/mol. The van der Waals surface area contributed by atoms with Crippen LogP contribution in [0.25, 0.3) is 11.0 Å². The third-order valence-corrected chi connectivity index (χ3v) is 9.04. The van der Waals surface area contributed by atoms with Gasteiger partial charge in [-0.05, 0) is 61.7 Å². The van der Waals surface area contributed by atoms with Gasteiger partial charge in [-0.25, -0.2) is 13.4 Å². The fourth-order valence-electron chi connectivity index (χ4n) is 4.16. The summed E-state index contributed by atoms with van der Waals surface area (Å²) in [6, 6.07) is 12.5. The van der Waals surface area contributed by atoms with Crippen LogP contribution in [0.2, 0.25) is 5.02 Å². The standard InChI is InChI=1S/C27H31ClN4O3S2/c1-15-10-8-12-19(16(15)2)30-37(35)22-14-21(36(34)31-20-13-9-11-18(28)17(20)3)24-23(25(22)33)29-26(32(24)7)27(4,5)6/h8-14,30-31,33H,1-7H3. The number of rotatable bonds is 6. The number of phenols is 1. The summed E-state index contributed by atoms with van der Waals surface area (Å²) in [4.78, 5) is 5.16. The third kappa shape index (κ3) is 5.12. The van der Waals surface area contributed by atoms with E-state index in [-0.39, 0.29) is 21.6 Å². The SMILES string of the molecule is Cc1cccc(NS(=O)c2cc(S(=O)Nc3cccc(Cl)c3C)c3c(nc(C(C)(C)C)n3C)c2O)c1C. The van der Waals surface area contributed by atoms with Crippen LogP contribution in [-0.2, 0) is 34.4 Å². The number of nitrogens with one attached hydrogen (secondary N) is 2. The van der Waals surface area contributed by atoms with Gasteiger partial charge in [-0.15, -0.1) is 0 Å². The van der Waals surface area contributed by atoms with Crippen LogP contribution in [0.3, 0.4) is 0 Å². The fourth-order valence-corrected chi connectivity index (χ4v) is 6.60. The Balaban J connectivity index is 1.89. The number of anilines is 2. The van der Waals surface area contributed by atoms with Crippen molar-refractivity contribution in [1.82, 2.24) is 9.55 Å². The van der Waals surface area contributed by atoms with Gasteiger partial charge in [0.25, 0.3) is 0 Å². The second kappa shape index (κ2) is 10.1. The summed E-state index contributed by atoms with van der Waals surface area (Å²) in [6.45, 7) is 11.8. The van der Waals surface area contributed by atoms with Crippen molar-refractivity contribution in [2.45, 2.75) is 56.7 Å². The lowest BCUT2D eigenvalue weighted by molar-refractivity contribution is 0.466. The maximum atomic E-state index is 13.8. The van der Waals surface area contributed by atoms with Gasteiger partial charge >= 0.3 is 0 Å². The number of aromatic nitrogens is 2. The highest BCUT2D eigenvalue weighted by atomic mass is 35.5. The number of benzene rings is 3. The van der Waals surface area contributed by atoms with Gasteiger partial charge in [-0.3, -0.25) is 0 Å². The first-order valence-corrected chi connectivity index (χ1v) is 14.4. The molecule has 0 saturated heterocycles. The maximum Gasteiger partial charge on any atom is 0.161 e. The topological polar surface area (TPSA) is 96.3 Å². The van der Waals surface area contributed by atoms with Crippen molar-refractivity contribution in [2.24, 2.45) is 7.05 Å². The van der Waals surface area contributed by atoms with E-state index in [1.54, 1.807) is 18.2 Å². The molecular formula is C27H31ClN4O3S2. The predicted molar refractivity (Wildman–Crippen MR) is 153 cm³/mol. The lowest BCUT2D eigenvalue weighted by Crippen LogP contribution is -2.17. The zero-order chi connectivity index (χ0) is 27.2. The number of phenolic OH excluding ortho intramolecular Hbond substituents is 1. The van der Waals surface area contributed by atoms with E-state index >= 15 is 0 Å². The monoisotopic (exact) mass is 558 g/mol. The van der Waals surface area contributed by atoms with Gasteiger partial charge in [0.05, 0.1) is 16.1 Å². The molecule has 2 unspecified atom stereocenters. The summed E-state index contributed by atoms with van der Waals surface area (Å²) < 4.78 is 35.2. The van der Waals surface area contributed by atoms with Crippen LogP contribution < -0.4 is 9.44 Å². The molecule has 2 atom stereocenters. The highest BCUT2D eigenvalue weighted by Gasteiger charge is 2.29. The van der Waals surface area contributed by atoms with Gasteiger partial charge in [0.1, 0.15) is 16.2 Å². The molecule has 0 saturated carbocycles. The van der Waals surface area contributed by atoms with Crippen molar-refractivity contribution in [2.75, 3.05) is 9.44 Å². The van der Waals surface area contributed by atoms with E-state index in [4.69, 9.17) is 16.6 Å². The zero-order valence-corrected chi connectivity index (χ0v) is 24.3. The number of imidazole rings is 1. The number of nitrogens with zero attached hydrogens (tertiary/aromatic N) is 2. The van der Waals surface area contributed by atoms with Crippen LogP contribution in [0.4, 0.5) is 11.4 Å². The Kier molecular flexibility index (Phi) is 7.43. The van der Waals surface area contributed by atoms with Crippen LogP contribution in [0, 0.1) is 20.8 Å². The molecule has 4 rings (SSSR count). The quantitative estimate of drug-likeness (QED) is 0.254. The summed E-state index contributed by atoms with van der Waals surface area (Å²) in [5.74, 6) is 0.484. The number of aryl methyl sites for hydroxylation is 2. The van der Waals surface area contributed by atoms with Crippen LogP contribution in [0.15, 0.2) is 52.3 Å². The molecule has 0 amide bonds. The Hall–Kier alpha value is -2.88. The summed E-state index contributed by atoms with van der Waals surface area (Å²) >= 11 is 6.27. The van der Waals surface area contributed by atoms with Crippen LogP contribution >= 0.6 is 11.6 Å². The molecule has 196 valence electrons. The van der Waals surface area contributed by atoms with Gasteiger partial charge in [-0.1, -0.05) is 50.6 Å². The molecule has 4 aromatic rings. The first-order valence-electron chi connectivity index (χ1n) is 11.7. The zero-order valence-electron chi connectivity index (χ0n) is 21.9. The molecule has 10 heteroatoms. The third-order valence-electron chi connectivity index (χ3n) is 6.40. The second-order valence-corrected chi connectivity index (χ2v) is 12.8. The molecule has 0 aliphatic heterocycles. The Labute approximate surface area is 227 Å². The van der Waals surface area contributed by atoms with Gasteiger partial charge < -0.3 is 19.1 Å². The van der Waals surface area contributed by atoms with E-state index in [2.05, 4.69) is 9.44 Å². The first kappa shape index (κ1) is 27.2. The van der Waals surface area contributed by atoms with E-state index < -0.39 is 22.0 Å². The average Bonchev–Trinajstić information content (AvgIpc) is 3.18. The summed E-state index contributed by atoms with van der Waals surface area (Å²) in [5, 5.41) is 11.8. The Morgan fingerprint density at radius 2 is 1.49 bits per heavy atom. The van der Waals surface area contributed by atoms with E-state index in [1.807, 2.05) is 71.4 Å². The van der Waals surface area contributed by atoms with Gasteiger partial charge in [0.15, 0.2) is 27.7 Å². The highest BCUT2D eigenvalue weighted by molar-refractivity contribution is 7.87. The van der Waals surface area contributed by atoms with Crippen molar-refractivity contribution in [3.8, 4) is 5.75 Å². The fraction of sp³-hybridized carbons (Fsp3) is 0.296. The molecule has 0 aliphatic rings. The smallest absolute Gasteiger partial charge is 0.161 e. The highest BCUT2D eigenvalue weighted by Crippen LogP contribution is 2.38. The van der Waals surface area contributed by atoms with Gasteiger partial charge in [0, 0.05) is 23.2 Å². The average molecular weight is 559 g/mol. The molecule has 37 heavy (non-hydrogen) atoms. The van der Waals surface area contributed by atoms with Crippen molar-refractivity contribution in [3.63, 3.8) is 0 Å². The predicted octanol–water partition coefficient (Wildman–Crippen LogP) is 6.42. The van der Waals surface area contributed by atoms with Crippen LogP contribution in [0.1, 0.15) is 43.3 Å². The summed E-state index contributed by atoms with van der Waals surface area (Å²) in [6.07, 6.45) is 0. The lowest BCUT2D eigenvalue weighted by atomic mass is 9.96. The minimum atomic E-state index is -1.85. The van der Waals surface area contributed by atoms with E-state index in [1.165, 1.54) is 6.07 Å². The van der Waals surface area contributed by atoms with Crippen LogP contribution in [-0.4, -0.2) is 23.1 Å². The van der Waals surface area contributed by atoms with Crippen molar-refractivity contribution >= 4 is 56.0 Å². The van der Waals surface area contributed by atoms with Crippen LogP contribution in [0.5, 0.6) is 5.75 Å². The maximum absolute atomic E-state index is 13.8.